The van der Waals surface area contributed by atoms with E-state index in [9.17, 15) is 4.79 Å². The predicted molar refractivity (Wildman–Crippen MR) is 69.3 cm³/mol. The molecule has 0 fully saturated rings. The molecule has 0 aliphatic rings. The van der Waals surface area contributed by atoms with E-state index in [1.807, 2.05) is 0 Å². The van der Waals surface area contributed by atoms with E-state index in [4.69, 9.17) is 0 Å². The van der Waals surface area contributed by atoms with Gasteiger partial charge in [-0.15, -0.1) is 0 Å². The second kappa shape index (κ2) is 6.31. The Kier molecular flexibility index (Phi) is 4.24. The summed E-state index contributed by atoms with van der Waals surface area (Å²) in [5, 5.41) is 2.68. The molecular formula is C13H13N5O. The van der Waals surface area contributed by atoms with Gasteiger partial charge in [0.15, 0.2) is 0 Å². The highest BCUT2D eigenvalue weighted by molar-refractivity contribution is 5.72. The van der Waals surface area contributed by atoms with E-state index in [2.05, 4.69) is 32.1 Å². The lowest BCUT2D eigenvalue weighted by Gasteiger charge is -1.98. The quantitative estimate of drug-likeness (QED) is 0.641. The van der Waals surface area contributed by atoms with Crippen LogP contribution < -0.4 is 5.32 Å². The molecule has 2 aromatic heterocycles. The highest BCUT2D eigenvalue weighted by Gasteiger charge is 1.97. The molecule has 0 unspecified atom stereocenters. The van der Waals surface area contributed by atoms with Crippen LogP contribution in [-0.4, -0.2) is 32.0 Å². The minimum absolute atomic E-state index is 0.0465. The van der Waals surface area contributed by atoms with Gasteiger partial charge in [-0.25, -0.2) is 15.0 Å². The number of nitrogens with one attached hydrogen (secondary N) is 1. The van der Waals surface area contributed by atoms with Crippen LogP contribution in [0.1, 0.15) is 18.9 Å². The molecule has 2 rings (SSSR count). The third kappa shape index (κ3) is 3.92. The summed E-state index contributed by atoms with van der Waals surface area (Å²) in [4.78, 5) is 22.9. The van der Waals surface area contributed by atoms with Gasteiger partial charge in [-0.3, -0.25) is 9.36 Å². The molecule has 1 N–H and O–H groups in total. The minimum Gasteiger partial charge on any atom is -0.355 e. The third-order valence-corrected chi connectivity index (χ3v) is 2.23. The molecule has 2 heterocycles. The van der Waals surface area contributed by atoms with Crippen molar-refractivity contribution in [3.05, 3.63) is 36.7 Å². The van der Waals surface area contributed by atoms with E-state index in [1.165, 1.54) is 6.92 Å². The molecule has 0 atom stereocenters. The van der Waals surface area contributed by atoms with Crippen LogP contribution in [0.25, 0.3) is 5.95 Å². The van der Waals surface area contributed by atoms with Crippen LogP contribution in [0.3, 0.4) is 0 Å². The first-order valence-electron chi connectivity index (χ1n) is 5.79. The largest absolute Gasteiger partial charge is 0.355 e. The van der Waals surface area contributed by atoms with Crippen molar-refractivity contribution >= 4 is 5.91 Å². The summed E-state index contributed by atoms with van der Waals surface area (Å²) in [5.41, 5.74) is 0.742. The van der Waals surface area contributed by atoms with Crippen LogP contribution in [0.4, 0.5) is 0 Å². The van der Waals surface area contributed by atoms with Crippen molar-refractivity contribution in [3.8, 4) is 17.8 Å². The number of aromatic nitrogens is 4. The van der Waals surface area contributed by atoms with Gasteiger partial charge in [-0.1, -0.05) is 11.8 Å². The Morgan fingerprint density at radius 3 is 2.84 bits per heavy atom. The lowest BCUT2D eigenvalue weighted by molar-refractivity contribution is -0.118. The zero-order valence-electron chi connectivity index (χ0n) is 10.5. The number of hydrogen-bond donors (Lipinski definition) is 1. The summed E-state index contributed by atoms with van der Waals surface area (Å²) in [6, 6.07) is 0. The van der Waals surface area contributed by atoms with Gasteiger partial charge in [0.25, 0.3) is 0 Å². The molecule has 1 amide bonds. The molecule has 6 nitrogen and oxygen atoms in total. The average Bonchev–Trinajstić information content (AvgIpc) is 2.93. The Morgan fingerprint density at radius 2 is 2.21 bits per heavy atom. The number of carbonyl (C=O) groups is 1. The maximum Gasteiger partial charge on any atom is 0.234 e. The van der Waals surface area contributed by atoms with Crippen molar-refractivity contribution in [1.82, 2.24) is 24.8 Å². The average molecular weight is 255 g/mol. The van der Waals surface area contributed by atoms with Gasteiger partial charge in [0.2, 0.25) is 11.9 Å². The van der Waals surface area contributed by atoms with Gasteiger partial charge >= 0.3 is 0 Å². The monoisotopic (exact) mass is 255 g/mol. The van der Waals surface area contributed by atoms with Crippen molar-refractivity contribution < 1.29 is 4.79 Å². The number of nitrogens with zero attached hydrogens (tertiary/aromatic N) is 4. The van der Waals surface area contributed by atoms with Crippen LogP contribution in [-0.2, 0) is 4.79 Å². The van der Waals surface area contributed by atoms with E-state index in [0.717, 1.165) is 5.56 Å². The van der Waals surface area contributed by atoms with Gasteiger partial charge in [0, 0.05) is 44.7 Å². The maximum atomic E-state index is 10.6. The van der Waals surface area contributed by atoms with Crippen molar-refractivity contribution in [1.29, 1.82) is 0 Å². The van der Waals surface area contributed by atoms with Crippen molar-refractivity contribution in [2.24, 2.45) is 0 Å². The summed E-state index contributed by atoms with van der Waals surface area (Å²) >= 11 is 0. The molecule has 0 saturated heterocycles. The second-order valence-electron chi connectivity index (χ2n) is 3.78. The lowest BCUT2D eigenvalue weighted by atomic mass is 10.3. The van der Waals surface area contributed by atoms with Crippen LogP contribution in [0.15, 0.2) is 31.1 Å². The molecule has 0 aliphatic heterocycles. The number of imidazole rings is 1. The molecule has 0 radical (unpaired) electrons. The first-order chi connectivity index (χ1) is 9.25. The molecule has 0 spiro atoms. The number of amides is 1. The highest BCUT2D eigenvalue weighted by atomic mass is 16.1. The first kappa shape index (κ1) is 12.8. The van der Waals surface area contributed by atoms with Gasteiger partial charge in [0.05, 0.1) is 5.56 Å². The summed E-state index contributed by atoms with van der Waals surface area (Å²) < 4.78 is 1.72. The highest BCUT2D eigenvalue weighted by Crippen LogP contribution is 1.99. The van der Waals surface area contributed by atoms with Crippen LogP contribution in [0, 0.1) is 11.8 Å². The Bertz CT molecular complexity index is 592. The zero-order valence-corrected chi connectivity index (χ0v) is 10.5. The minimum atomic E-state index is -0.0465. The Hall–Kier alpha value is -2.68. The fraction of sp³-hybridized carbons (Fsp3) is 0.231. The molecule has 6 heteroatoms. The van der Waals surface area contributed by atoms with Crippen LogP contribution in [0.2, 0.25) is 0 Å². The summed E-state index contributed by atoms with van der Waals surface area (Å²) in [6.07, 6.45) is 8.99. The molecule has 0 saturated carbocycles. The normalized spacial score (nSPS) is 9.53. The van der Waals surface area contributed by atoms with Gasteiger partial charge in [-0.05, 0) is 0 Å². The first-order valence-corrected chi connectivity index (χ1v) is 5.79. The topological polar surface area (TPSA) is 72.7 Å². The molecule has 19 heavy (non-hydrogen) atoms. The molecular weight excluding hydrogens is 242 g/mol. The van der Waals surface area contributed by atoms with Crippen molar-refractivity contribution in [2.45, 2.75) is 13.3 Å². The van der Waals surface area contributed by atoms with E-state index in [1.54, 1.807) is 35.7 Å². The lowest BCUT2D eigenvalue weighted by Crippen LogP contribution is -2.20. The van der Waals surface area contributed by atoms with E-state index in [-0.39, 0.29) is 5.91 Å². The molecule has 0 bridgehead atoms. The van der Waals surface area contributed by atoms with Gasteiger partial charge in [0.1, 0.15) is 6.33 Å². The van der Waals surface area contributed by atoms with E-state index >= 15 is 0 Å². The van der Waals surface area contributed by atoms with E-state index < -0.39 is 0 Å². The summed E-state index contributed by atoms with van der Waals surface area (Å²) in [5.74, 6) is 6.40. The maximum absolute atomic E-state index is 10.6. The van der Waals surface area contributed by atoms with Crippen molar-refractivity contribution in [3.63, 3.8) is 0 Å². The smallest absolute Gasteiger partial charge is 0.234 e. The van der Waals surface area contributed by atoms with Crippen LogP contribution in [0.5, 0.6) is 0 Å². The number of rotatable bonds is 3. The van der Waals surface area contributed by atoms with Crippen molar-refractivity contribution in [2.75, 3.05) is 6.54 Å². The fourth-order valence-corrected chi connectivity index (χ4v) is 1.36. The summed E-state index contributed by atoms with van der Waals surface area (Å²) in [7, 11) is 0. The molecule has 96 valence electrons. The molecule has 2 aromatic rings. The molecule has 0 aliphatic carbocycles. The Balaban J connectivity index is 1.92. The number of carbonyl (C=O) groups excluding carboxylic acids is 1. The fourth-order valence-electron chi connectivity index (χ4n) is 1.36. The predicted octanol–water partition coefficient (Wildman–Crippen LogP) is 0.540. The Labute approximate surface area is 110 Å². The zero-order chi connectivity index (χ0) is 13.5. The van der Waals surface area contributed by atoms with Gasteiger partial charge in [-0.2, -0.15) is 0 Å². The van der Waals surface area contributed by atoms with Crippen LogP contribution >= 0.6 is 0 Å². The standard InChI is InChI=1S/C13H13N5O/c1-11(19)15-5-3-2-4-12-8-16-13(17-9-12)18-7-6-14-10-18/h6-10H,3,5H2,1H3,(H,15,19). The summed E-state index contributed by atoms with van der Waals surface area (Å²) in [6.45, 7) is 2.03. The third-order valence-electron chi connectivity index (χ3n) is 2.23. The number of hydrogen-bond acceptors (Lipinski definition) is 4. The Morgan fingerprint density at radius 1 is 1.42 bits per heavy atom. The SMILES string of the molecule is CC(=O)NCCC#Cc1cnc(-n2ccnc2)nc1. The van der Waals surface area contributed by atoms with Gasteiger partial charge < -0.3 is 5.32 Å². The van der Waals surface area contributed by atoms with E-state index in [0.29, 0.717) is 18.9 Å². The second-order valence-corrected chi connectivity index (χ2v) is 3.78. The molecule has 0 aromatic carbocycles.